The van der Waals surface area contributed by atoms with Gasteiger partial charge in [-0.15, -0.1) is 0 Å². The molecule has 0 aliphatic heterocycles. The number of pyridine rings is 1. The molecule has 0 N–H and O–H groups in total. The Bertz CT molecular complexity index is 732. The Morgan fingerprint density at radius 2 is 1.88 bits per heavy atom. The molecule has 0 saturated heterocycles. The van der Waals surface area contributed by atoms with Gasteiger partial charge in [0, 0.05) is 23.7 Å². The van der Waals surface area contributed by atoms with Gasteiger partial charge in [-0.05, 0) is 50.8 Å². The summed E-state index contributed by atoms with van der Waals surface area (Å²) >= 11 is 0. The minimum Gasteiger partial charge on any atom is -0.340 e. The average Bonchev–Trinajstić information content (AvgIpc) is 2.60. The van der Waals surface area contributed by atoms with Gasteiger partial charge >= 0.3 is 0 Å². The number of aromatic nitrogens is 1. The predicted octanol–water partition coefficient (Wildman–Crippen LogP) is 4.58. The Morgan fingerprint density at radius 3 is 2.58 bits per heavy atom. The number of hydrogen-bond acceptors (Lipinski definition) is 2. The Balaban J connectivity index is 1.86. The van der Waals surface area contributed by atoms with Crippen LogP contribution in [0.15, 0.2) is 24.3 Å². The molecule has 0 unspecified atom stereocenters. The average molecular weight is 324 g/mol. The first-order valence-corrected chi connectivity index (χ1v) is 9.26. The lowest BCUT2D eigenvalue weighted by Crippen LogP contribution is -2.42. The molecule has 3 nitrogen and oxygen atoms in total. The summed E-state index contributed by atoms with van der Waals surface area (Å²) in [6.45, 7) is 7.06. The van der Waals surface area contributed by atoms with E-state index in [0.717, 1.165) is 41.5 Å². The number of para-hydroxylation sites is 1. The number of aryl methyl sites for hydroxylation is 2. The molecule has 0 radical (unpaired) electrons. The van der Waals surface area contributed by atoms with E-state index >= 15 is 0 Å². The summed E-state index contributed by atoms with van der Waals surface area (Å²) in [5, 5.41) is 1.16. The van der Waals surface area contributed by atoms with Crippen molar-refractivity contribution >= 4 is 16.8 Å². The van der Waals surface area contributed by atoms with E-state index in [-0.39, 0.29) is 5.91 Å². The highest BCUT2D eigenvalue weighted by atomic mass is 16.2. The van der Waals surface area contributed by atoms with Crippen LogP contribution in [0.5, 0.6) is 0 Å². The van der Waals surface area contributed by atoms with Gasteiger partial charge in [-0.2, -0.15) is 0 Å². The summed E-state index contributed by atoms with van der Waals surface area (Å²) in [7, 11) is 0. The van der Waals surface area contributed by atoms with Crippen molar-refractivity contribution in [3.8, 4) is 0 Å². The quantitative estimate of drug-likeness (QED) is 0.825. The fourth-order valence-electron chi connectivity index (χ4n) is 4.11. The molecule has 128 valence electrons. The Hall–Kier alpha value is -1.90. The molecule has 3 rings (SSSR count). The van der Waals surface area contributed by atoms with Crippen LogP contribution >= 0.6 is 0 Å². The van der Waals surface area contributed by atoms with Crippen LogP contribution in [0.3, 0.4) is 0 Å². The number of benzene rings is 1. The molecule has 1 aliphatic carbocycles. The third kappa shape index (κ3) is 3.31. The first kappa shape index (κ1) is 16.9. The first-order valence-electron chi connectivity index (χ1n) is 9.26. The molecular formula is C21H28N2O. The molecule has 0 atom stereocenters. The van der Waals surface area contributed by atoms with Gasteiger partial charge in [0.05, 0.1) is 11.9 Å². The van der Waals surface area contributed by atoms with Gasteiger partial charge < -0.3 is 4.90 Å². The van der Waals surface area contributed by atoms with Gasteiger partial charge in [-0.1, -0.05) is 37.5 Å². The van der Waals surface area contributed by atoms with Gasteiger partial charge in [-0.3, -0.25) is 9.78 Å². The van der Waals surface area contributed by atoms with Crippen LogP contribution in [0.2, 0.25) is 0 Å². The highest BCUT2D eigenvalue weighted by Crippen LogP contribution is 2.26. The van der Waals surface area contributed by atoms with Crippen molar-refractivity contribution in [1.82, 2.24) is 9.88 Å². The summed E-state index contributed by atoms with van der Waals surface area (Å²) < 4.78 is 0. The molecule has 0 spiro atoms. The predicted molar refractivity (Wildman–Crippen MR) is 99.2 cm³/mol. The molecule has 1 aromatic carbocycles. The van der Waals surface area contributed by atoms with E-state index in [1.807, 2.05) is 25.1 Å². The van der Waals surface area contributed by atoms with Gasteiger partial charge in [0.15, 0.2) is 0 Å². The largest absolute Gasteiger partial charge is 0.340 e. The molecule has 3 heteroatoms. The third-order valence-electron chi connectivity index (χ3n) is 5.49. The normalized spacial score (nSPS) is 15.6. The SMILES string of the molecule is CCN(C(=O)Cc1c(C)nc2ccccc2c1C)C1CCCCC1. The van der Waals surface area contributed by atoms with Crippen LogP contribution < -0.4 is 0 Å². The van der Waals surface area contributed by atoms with E-state index in [1.54, 1.807) is 0 Å². The summed E-state index contributed by atoms with van der Waals surface area (Å²) in [6.07, 6.45) is 6.62. The number of nitrogens with zero attached hydrogens (tertiary/aromatic N) is 2. The zero-order valence-electron chi connectivity index (χ0n) is 15.1. The maximum Gasteiger partial charge on any atom is 0.227 e. The first-order chi connectivity index (χ1) is 11.6. The van der Waals surface area contributed by atoms with Crippen LogP contribution in [-0.4, -0.2) is 28.4 Å². The molecule has 1 amide bonds. The van der Waals surface area contributed by atoms with E-state index in [4.69, 9.17) is 4.98 Å². The monoisotopic (exact) mass is 324 g/mol. The molecule has 1 saturated carbocycles. The second-order valence-corrected chi connectivity index (χ2v) is 6.97. The molecule has 24 heavy (non-hydrogen) atoms. The van der Waals surface area contributed by atoms with Crippen molar-refractivity contribution in [3.05, 3.63) is 41.1 Å². The second kappa shape index (κ2) is 7.33. The van der Waals surface area contributed by atoms with E-state index in [9.17, 15) is 4.79 Å². The molecule has 2 aromatic rings. The van der Waals surface area contributed by atoms with Crippen LogP contribution in [-0.2, 0) is 11.2 Å². The number of likely N-dealkylation sites (N-methyl/N-ethyl adjacent to an activating group) is 1. The van der Waals surface area contributed by atoms with Crippen molar-refractivity contribution in [1.29, 1.82) is 0 Å². The van der Waals surface area contributed by atoms with Crippen LogP contribution in [0.4, 0.5) is 0 Å². The lowest BCUT2D eigenvalue weighted by atomic mass is 9.93. The number of fused-ring (bicyclic) bond motifs is 1. The van der Waals surface area contributed by atoms with Gasteiger partial charge in [0.25, 0.3) is 0 Å². The van der Waals surface area contributed by atoms with Crippen LogP contribution in [0.1, 0.15) is 55.8 Å². The number of hydrogen-bond donors (Lipinski definition) is 0. The van der Waals surface area contributed by atoms with Crippen molar-refractivity contribution in [3.63, 3.8) is 0 Å². The van der Waals surface area contributed by atoms with E-state index < -0.39 is 0 Å². The highest BCUT2D eigenvalue weighted by molar-refractivity contribution is 5.86. The highest BCUT2D eigenvalue weighted by Gasteiger charge is 2.25. The van der Waals surface area contributed by atoms with Crippen LogP contribution in [0, 0.1) is 13.8 Å². The maximum absolute atomic E-state index is 13.0. The van der Waals surface area contributed by atoms with Crippen molar-refractivity contribution in [2.24, 2.45) is 0 Å². The number of amides is 1. The molecule has 1 fully saturated rings. The van der Waals surface area contributed by atoms with Gasteiger partial charge in [0.1, 0.15) is 0 Å². The van der Waals surface area contributed by atoms with E-state index in [0.29, 0.717) is 12.5 Å². The van der Waals surface area contributed by atoms with Crippen LogP contribution in [0.25, 0.3) is 10.9 Å². The lowest BCUT2D eigenvalue weighted by Gasteiger charge is -2.34. The van der Waals surface area contributed by atoms with Gasteiger partial charge in [-0.25, -0.2) is 0 Å². The number of carbonyl (C=O) groups excluding carboxylic acids is 1. The maximum atomic E-state index is 13.0. The van der Waals surface area contributed by atoms with Gasteiger partial charge in [0.2, 0.25) is 5.91 Å². The smallest absolute Gasteiger partial charge is 0.227 e. The summed E-state index contributed by atoms with van der Waals surface area (Å²) in [5.74, 6) is 0.257. The zero-order chi connectivity index (χ0) is 17.1. The summed E-state index contributed by atoms with van der Waals surface area (Å²) in [6, 6.07) is 8.63. The topological polar surface area (TPSA) is 33.2 Å². The summed E-state index contributed by atoms with van der Waals surface area (Å²) in [4.78, 5) is 19.8. The molecule has 1 aliphatic rings. The minimum atomic E-state index is 0.257. The Kier molecular flexibility index (Phi) is 5.17. The number of carbonyl (C=O) groups is 1. The van der Waals surface area contributed by atoms with E-state index in [2.05, 4.69) is 24.8 Å². The molecule has 1 aromatic heterocycles. The fraction of sp³-hybridized carbons (Fsp3) is 0.524. The fourth-order valence-corrected chi connectivity index (χ4v) is 4.11. The molecule has 0 bridgehead atoms. The molecule has 1 heterocycles. The third-order valence-corrected chi connectivity index (χ3v) is 5.49. The van der Waals surface area contributed by atoms with E-state index in [1.165, 1.54) is 24.8 Å². The Labute approximate surface area is 145 Å². The van der Waals surface area contributed by atoms with Crippen molar-refractivity contribution in [2.45, 2.75) is 65.3 Å². The Morgan fingerprint density at radius 1 is 1.17 bits per heavy atom. The molecular weight excluding hydrogens is 296 g/mol. The number of rotatable bonds is 4. The zero-order valence-corrected chi connectivity index (χ0v) is 15.1. The van der Waals surface area contributed by atoms with Crippen molar-refractivity contribution in [2.75, 3.05) is 6.54 Å². The van der Waals surface area contributed by atoms with Crippen molar-refractivity contribution < 1.29 is 4.79 Å². The summed E-state index contributed by atoms with van der Waals surface area (Å²) in [5.41, 5.74) is 4.31. The minimum absolute atomic E-state index is 0.257. The second-order valence-electron chi connectivity index (χ2n) is 6.97. The lowest BCUT2D eigenvalue weighted by molar-refractivity contribution is -0.133. The standard InChI is InChI=1S/C21H28N2O/c1-4-23(17-10-6-5-7-11-17)21(24)14-19-15(2)18-12-8-9-13-20(18)22-16(19)3/h8-9,12-13,17H,4-7,10-11,14H2,1-3H3.